The number of carboxylic acid groups (broad SMARTS) is 1. The Labute approximate surface area is 205 Å². The average molecular weight is 477 g/mol. The fourth-order valence-corrected chi connectivity index (χ4v) is 5.15. The van der Waals surface area contributed by atoms with Crippen molar-refractivity contribution in [1.82, 2.24) is 0 Å². The Balaban J connectivity index is 1.82. The van der Waals surface area contributed by atoms with Gasteiger partial charge in [0.2, 0.25) is 0 Å². The number of fused-ring (bicyclic) bond motifs is 1. The molecule has 0 aromatic heterocycles. The second kappa shape index (κ2) is 8.59. The van der Waals surface area contributed by atoms with Crippen LogP contribution in [-0.2, 0) is 10.8 Å². The number of rotatable bonds is 5. The molecule has 3 aromatic carbocycles. The van der Waals surface area contributed by atoms with Crippen LogP contribution in [0.2, 0.25) is 5.02 Å². The third-order valence-corrected chi connectivity index (χ3v) is 7.41. The lowest BCUT2D eigenvalue weighted by atomic mass is 9.62. The SMILES string of the molecule is COc1cc2c(cc1-c1ccc(C(=O)c3ccccc3C(=O)O)cc1Cl)C(C)(C)CCC2(C)C. The van der Waals surface area contributed by atoms with E-state index in [-0.39, 0.29) is 27.7 Å². The van der Waals surface area contributed by atoms with E-state index in [0.29, 0.717) is 10.6 Å². The first-order valence-electron chi connectivity index (χ1n) is 11.4. The van der Waals surface area contributed by atoms with E-state index in [9.17, 15) is 14.7 Å². The first kappa shape index (κ1) is 24.0. The number of carbonyl (C=O) groups excluding carboxylic acids is 1. The lowest BCUT2D eigenvalue weighted by Crippen LogP contribution is -2.33. The number of hydrogen-bond donors (Lipinski definition) is 1. The highest BCUT2D eigenvalue weighted by Gasteiger charge is 2.38. The summed E-state index contributed by atoms with van der Waals surface area (Å²) in [5.74, 6) is -0.788. The number of aromatic carboxylic acids is 1. The average Bonchev–Trinajstić information content (AvgIpc) is 2.81. The summed E-state index contributed by atoms with van der Waals surface area (Å²) in [7, 11) is 1.65. The van der Waals surface area contributed by atoms with Crippen molar-refractivity contribution in [3.05, 3.63) is 87.4 Å². The number of ketones is 1. The van der Waals surface area contributed by atoms with Crippen LogP contribution in [0.25, 0.3) is 11.1 Å². The highest BCUT2D eigenvalue weighted by molar-refractivity contribution is 6.34. The molecule has 0 atom stereocenters. The van der Waals surface area contributed by atoms with E-state index in [2.05, 4.69) is 39.8 Å². The van der Waals surface area contributed by atoms with Crippen molar-refractivity contribution in [3.63, 3.8) is 0 Å². The third kappa shape index (κ3) is 4.12. The van der Waals surface area contributed by atoms with Crippen LogP contribution in [-0.4, -0.2) is 24.0 Å². The summed E-state index contributed by atoms with van der Waals surface area (Å²) in [6.45, 7) is 9.06. The predicted molar refractivity (Wildman–Crippen MR) is 136 cm³/mol. The molecule has 1 aliphatic rings. The van der Waals surface area contributed by atoms with E-state index >= 15 is 0 Å². The molecule has 0 spiro atoms. The largest absolute Gasteiger partial charge is 0.496 e. The molecule has 4 rings (SSSR count). The van der Waals surface area contributed by atoms with Crippen LogP contribution in [0.15, 0.2) is 54.6 Å². The molecular formula is C29H29ClO4. The molecule has 1 aliphatic carbocycles. The Bertz CT molecular complexity index is 1300. The number of carboxylic acids is 1. The first-order chi connectivity index (χ1) is 16.0. The van der Waals surface area contributed by atoms with Gasteiger partial charge in [0, 0.05) is 27.3 Å². The highest BCUT2D eigenvalue weighted by atomic mass is 35.5. The molecule has 176 valence electrons. The van der Waals surface area contributed by atoms with Gasteiger partial charge in [-0.05, 0) is 59.1 Å². The minimum Gasteiger partial charge on any atom is -0.496 e. The van der Waals surface area contributed by atoms with E-state index < -0.39 is 5.97 Å². The molecule has 3 aromatic rings. The minimum absolute atomic E-state index is 0.0226. The standard InChI is InChI=1S/C29H29ClO4/c1-28(2)12-13-29(3,4)23-16-25(34-5)21(15-22(23)28)18-11-10-17(14-24(18)30)26(31)19-8-6-7-9-20(19)27(32)33/h6-11,14-16H,12-13H2,1-5H3,(H,32,33). The van der Waals surface area contributed by atoms with Gasteiger partial charge >= 0.3 is 5.97 Å². The Morgan fingerprint density at radius 3 is 2.00 bits per heavy atom. The van der Waals surface area contributed by atoms with Crippen molar-refractivity contribution in [2.75, 3.05) is 7.11 Å². The molecule has 0 heterocycles. The number of benzene rings is 3. The van der Waals surface area contributed by atoms with E-state index in [1.54, 1.807) is 31.4 Å². The van der Waals surface area contributed by atoms with Crippen molar-refractivity contribution in [1.29, 1.82) is 0 Å². The van der Waals surface area contributed by atoms with Crippen LogP contribution in [0.1, 0.15) is 77.9 Å². The van der Waals surface area contributed by atoms with E-state index in [0.717, 1.165) is 29.7 Å². The molecule has 4 nitrogen and oxygen atoms in total. The lowest BCUT2D eigenvalue weighted by Gasteiger charge is -2.42. The summed E-state index contributed by atoms with van der Waals surface area (Å²) in [5.41, 5.74) is 4.72. The van der Waals surface area contributed by atoms with Gasteiger partial charge in [-0.2, -0.15) is 0 Å². The Morgan fingerprint density at radius 2 is 1.44 bits per heavy atom. The Morgan fingerprint density at radius 1 is 0.853 bits per heavy atom. The molecular weight excluding hydrogens is 448 g/mol. The van der Waals surface area contributed by atoms with Crippen molar-refractivity contribution < 1.29 is 19.4 Å². The number of hydrogen-bond acceptors (Lipinski definition) is 3. The molecule has 0 saturated carbocycles. The Kier molecular flexibility index (Phi) is 6.07. The summed E-state index contributed by atoms with van der Waals surface area (Å²) in [4.78, 5) is 24.7. The van der Waals surface area contributed by atoms with E-state index in [4.69, 9.17) is 16.3 Å². The van der Waals surface area contributed by atoms with Gasteiger partial charge in [-0.1, -0.05) is 69.6 Å². The van der Waals surface area contributed by atoms with E-state index in [1.807, 2.05) is 6.07 Å². The monoisotopic (exact) mass is 476 g/mol. The van der Waals surface area contributed by atoms with Gasteiger partial charge in [0.15, 0.2) is 5.78 Å². The zero-order chi connectivity index (χ0) is 24.8. The molecule has 5 heteroatoms. The van der Waals surface area contributed by atoms with Crippen molar-refractivity contribution >= 4 is 23.4 Å². The van der Waals surface area contributed by atoms with E-state index in [1.165, 1.54) is 23.3 Å². The van der Waals surface area contributed by atoms with Gasteiger partial charge in [0.25, 0.3) is 0 Å². The topological polar surface area (TPSA) is 63.6 Å². The zero-order valence-electron chi connectivity index (χ0n) is 20.2. The van der Waals surface area contributed by atoms with Gasteiger partial charge in [-0.15, -0.1) is 0 Å². The maximum absolute atomic E-state index is 13.1. The molecule has 0 amide bonds. The normalized spacial score (nSPS) is 15.9. The minimum atomic E-state index is -1.14. The molecule has 0 unspecified atom stereocenters. The van der Waals surface area contributed by atoms with Crippen LogP contribution in [0.4, 0.5) is 0 Å². The van der Waals surface area contributed by atoms with Crippen molar-refractivity contribution in [2.24, 2.45) is 0 Å². The summed E-state index contributed by atoms with van der Waals surface area (Å²) in [6.07, 6.45) is 2.19. The second-order valence-corrected chi connectivity index (χ2v) is 10.6. The zero-order valence-corrected chi connectivity index (χ0v) is 20.9. The number of methoxy groups -OCH3 is 1. The van der Waals surface area contributed by atoms with Crippen LogP contribution in [0.3, 0.4) is 0 Å². The van der Waals surface area contributed by atoms with Gasteiger partial charge in [-0.25, -0.2) is 4.79 Å². The smallest absolute Gasteiger partial charge is 0.336 e. The lowest BCUT2D eigenvalue weighted by molar-refractivity contribution is 0.0693. The molecule has 0 bridgehead atoms. The maximum atomic E-state index is 13.1. The fraction of sp³-hybridized carbons (Fsp3) is 0.310. The highest BCUT2D eigenvalue weighted by Crippen LogP contribution is 2.49. The summed E-state index contributed by atoms with van der Waals surface area (Å²) in [6, 6.07) is 15.6. The molecule has 0 saturated heterocycles. The number of carbonyl (C=O) groups is 2. The second-order valence-electron chi connectivity index (χ2n) is 10.2. The van der Waals surface area contributed by atoms with Gasteiger partial charge < -0.3 is 9.84 Å². The number of ether oxygens (including phenoxy) is 1. The number of halogens is 1. The van der Waals surface area contributed by atoms with Crippen LogP contribution >= 0.6 is 11.6 Å². The van der Waals surface area contributed by atoms with Crippen LogP contribution < -0.4 is 4.74 Å². The van der Waals surface area contributed by atoms with Crippen molar-refractivity contribution in [3.8, 4) is 16.9 Å². The van der Waals surface area contributed by atoms with Gasteiger partial charge in [0.05, 0.1) is 12.7 Å². The fourth-order valence-electron chi connectivity index (χ4n) is 4.87. The molecule has 0 fully saturated rings. The molecule has 34 heavy (non-hydrogen) atoms. The third-order valence-electron chi connectivity index (χ3n) is 7.10. The maximum Gasteiger partial charge on any atom is 0.336 e. The Hall–Kier alpha value is -3.11. The molecule has 0 aliphatic heterocycles. The molecule has 1 N–H and O–H groups in total. The summed E-state index contributed by atoms with van der Waals surface area (Å²) < 4.78 is 5.78. The van der Waals surface area contributed by atoms with Crippen molar-refractivity contribution in [2.45, 2.75) is 51.4 Å². The van der Waals surface area contributed by atoms with Gasteiger partial charge in [0.1, 0.15) is 5.75 Å². The van der Waals surface area contributed by atoms with Crippen LogP contribution in [0.5, 0.6) is 5.75 Å². The van der Waals surface area contributed by atoms with Gasteiger partial charge in [-0.3, -0.25) is 4.79 Å². The summed E-state index contributed by atoms with van der Waals surface area (Å²) >= 11 is 6.71. The predicted octanol–water partition coefficient (Wildman–Crippen LogP) is 7.29. The summed E-state index contributed by atoms with van der Waals surface area (Å²) in [5, 5.41) is 9.86. The quantitative estimate of drug-likeness (QED) is 0.392. The first-order valence-corrected chi connectivity index (χ1v) is 11.7. The van der Waals surface area contributed by atoms with Crippen LogP contribution in [0, 0.1) is 0 Å². The molecule has 0 radical (unpaired) electrons.